The molecule has 2 aliphatic rings. The number of benzene rings is 4. The molecule has 0 saturated carbocycles. The summed E-state index contributed by atoms with van der Waals surface area (Å²) < 4.78 is 0. The molecule has 5 heteroatoms. The molecule has 0 nitrogen and oxygen atoms in total. The van der Waals surface area contributed by atoms with Gasteiger partial charge in [-0.2, -0.15) is 0 Å². The van der Waals surface area contributed by atoms with Crippen LogP contribution in [0.5, 0.6) is 0 Å². The summed E-state index contributed by atoms with van der Waals surface area (Å²) in [7, 11) is 8.30. The van der Waals surface area contributed by atoms with Crippen molar-refractivity contribution in [2.45, 2.75) is 37.0 Å². The number of halogens is 2. The molecule has 0 saturated heterocycles. The van der Waals surface area contributed by atoms with Gasteiger partial charge in [0.25, 0.3) is 0 Å². The van der Waals surface area contributed by atoms with Gasteiger partial charge in [0.15, 0.2) is 0 Å². The second-order valence-electron chi connectivity index (χ2n) is 9.56. The maximum absolute atomic E-state index is 4.81. The van der Waals surface area contributed by atoms with Crippen molar-refractivity contribution in [3.8, 4) is 0 Å². The molecule has 2 atom stereocenters. The molecule has 2 aliphatic carbocycles. The van der Waals surface area contributed by atoms with E-state index in [4.69, 9.17) is 19.1 Å². The zero-order chi connectivity index (χ0) is 27.1. The summed E-state index contributed by atoms with van der Waals surface area (Å²) in [6.07, 6.45) is 14.7. The van der Waals surface area contributed by atoms with Crippen molar-refractivity contribution in [1.29, 1.82) is 0 Å². The Bertz CT molecular complexity index is 1090. The molecule has 0 heterocycles. The van der Waals surface area contributed by atoms with Crippen LogP contribution in [0.3, 0.4) is 0 Å². The Kier molecular flexibility index (Phi) is 13.5. The van der Waals surface area contributed by atoms with E-state index in [-0.39, 0.29) is 15.9 Å². The van der Waals surface area contributed by atoms with Crippen LogP contribution < -0.4 is 21.2 Å². The third-order valence-corrected chi connectivity index (χ3v) is 13.4. The summed E-state index contributed by atoms with van der Waals surface area (Å²) in [6, 6.07) is 44.2. The van der Waals surface area contributed by atoms with Gasteiger partial charge >= 0.3 is 35.0 Å². The Morgan fingerprint density at radius 1 is 0.462 bits per heavy atom. The van der Waals surface area contributed by atoms with E-state index in [0.29, 0.717) is 0 Å². The molecule has 0 fully saturated rings. The summed E-state index contributed by atoms with van der Waals surface area (Å²) in [6.45, 7) is 0. The Hall–Kier alpha value is -1.54. The molecule has 0 amide bonds. The van der Waals surface area contributed by atoms with Gasteiger partial charge in [0.1, 0.15) is 0 Å². The van der Waals surface area contributed by atoms with E-state index >= 15 is 0 Å². The Balaban J connectivity index is 0.000000165. The quantitative estimate of drug-likeness (QED) is 0.109. The van der Waals surface area contributed by atoms with Crippen LogP contribution in [-0.2, 0) is 15.9 Å². The molecule has 6 rings (SSSR count). The third kappa shape index (κ3) is 9.24. The molecule has 39 heavy (non-hydrogen) atoms. The van der Waals surface area contributed by atoms with E-state index < -0.39 is 15.8 Å². The van der Waals surface area contributed by atoms with Gasteiger partial charge < -0.3 is 0 Å². The fourth-order valence-electron chi connectivity index (χ4n) is 5.41. The monoisotopic (exact) mass is 682 g/mol. The standard InChI is InChI=1S/2C17H17P.2ClH.Pd/c2*1-3-9-15(10-4-1)18(17-13-7-8-14-17)16-11-5-2-6-12-16;;;/h2*1-7,9-13,17H,8,14H2;2*1H;/q;;;;+2. The van der Waals surface area contributed by atoms with E-state index in [1.807, 2.05) is 0 Å². The number of allylic oxidation sites excluding steroid dienone is 4. The zero-order valence-corrected chi connectivity index (χ0v) is 27.0. The molecular weight excluding hydrogens is 648 g/mol. The normalized spacial score (nSPS) is 17.5. The Morgan fingerprint density at radius 3 is 0.923 bits per heavy atom. The summed E-state index contributed by atoms with van der Waals surface area (Å²) in [5.41, 5.74) is 1.50. The van der Waals surface area contributed by atoms with E-state index in [1.165, 1.54) is 46.9 Å². The van der Waals surface area contributed by atoms with E-state index in [9.17, 15) is 0 Å². The predicted molar refractivity (Wildman–Crippen MR) is 177 cm³/mol. The average molecular weight is 684 g/mol. The average Bonchev–Trinajstić information content (AvgIpc) is 3.72. The second kappa shape index (κ2) is 17.3. The van der Waals surface area contributed by atoms with Crippen LogP contribution in [0.15, 0.2) is 146 Å². The molecule has 0 N–H and O–H groups in total. The first kappa shape index (κ1) is 30.4. The number of hydrogen-bond donors (Lipinski definition) is 0. The molecule has 0 aromatic heterocycles. The van der Waals surface area contributed by atoms with Crippen LogP contribution in [-0.4, -0.2) is 11.3 Å². The second-order valence-corrected chi connectivity index (χ2v) is 17.4. The van der Waals surface area contributed by atoms with Gasteiger partial charge in [-0.05, 0) is 86.4 Å². The fourth-order valence-corrected chi connectivity index (χ4v) is 11.6. The van der Waals surface area contributed by atoms with E-state index in [2.05, 4.69) is 146 Å². The predicted octanol–water partition coefficient (Wildman–Crippen LogP) is 8.52. The first-order valence-corrected chi connectivity index (χ1v) is 20.6. The van der Waals surface area contributed by atoms with Gasteiger partial charge in [0.2, 0.25) is 0 Å². The van der Waals surface area contributed by atoms with E-state index in [1.54, 1.807) is 0 Å². The van der Waals surface area contributed by atoms with Crippen molar-refractivity contribution < 1.29 is 15.9 Å². The van der Waals surface area contributed by atoms with Crippen LogP contribution in [0.2, 0.25) is 0 Å². The van der Waals surface area contributed by atoms with Crippen molar-refractivity contribution in [2.24, 2.45) is 0 Å². The van der Waals surface area contributed by atoms with Crippen molar-refractivity contribution in [3.63, 3.8) is 0 Å². The molecule has 4 aromatic rings. The molecule has 2 unspecified atom stereocenters. The van der Waals surface area contributed by atoms with Crippen molar-refractivity contribution >= 4 is 56.1 Å². The topological polar surface area (TPSA) is 0 Å². The minimum absolute atomic E-state index is 0.106. The van der Waals surface area contributed by atoms with Gasteiger partial charge in [0, 0.05) is 0 Å². The first-order valence-electron chi connectivity index (χ1n) is 13.4. The van der Waals surface area contributed by atoms with Gasteiger partial charge in [-0.25, -0.2) is 0 Å². The van der Waals surface area contributed by atoms with Crippen LogP contribution in [0.25, 0.3) is 0 Å². The third-order valence-electron chi connectivity index (χ3n) is 7.11. The van der Waals surface area contributed by atoms with Gasteiger partial charge in [-0.1, -0.05) is 84.9 Å². The Labute approximate surface area is 253 Å². The van der Waals surface area contributed by atoms with Crippen LogP contribution in [0.1, 0.15) is 25.7 Å². The molecule has 0 bridgehead atoms. The fraction of sp³-hybridized carbons (Fsp3) is 0.176. The SMILES string of the molecule is C1=CC([PH+](c2ccccc2)c2ccccc2)CC1.C1=CC([PH+](c2ccccc2)c2ccccc2)CC1.[Cl][Pd][Cl]. The number of hydrogen-bond acceptors (Lipinski definition) is 0. The molecule has 4 aromatic carbocycles. The van der Waals surface area contributed by atoms with Crippen LogP contribution in [0.4, 0.5) is 0 Å². The zero-order valence-electron chi connectivity index (χ0n) is 21.9. The summed E-state index contributed by atoms with van der Waals surface area (Å²) in [5, 5.41) is 6.13. The van der Waals surface area contributed by atoms with Gasteiger partial charge in [0.05, 0.1) is 48.4 Å². The van der Waals surface area contributed by atoms with Gasteiger partial charge in [-0.15, -0.1) is 0 Å². The molecule has 0 aliphatic heterocycles. The minimum atomic E-state index is -0.664. The summed E-state index contributed by atoms with van der Waals surface area (Å²) >= 11 is -0.106. The number of rotatable bonds is 6. The maximum atomic E-state index is 4.81. The molecule has 0 radical (unpaired) electrons. The Morgan fingerprint density at radius 2 is 0.718 bits per heavy atom. The van der Waals surface area contributed by atoms with Gasteiger partial charge in [-0.3, -0.25) is 0 Å². The van der Waals surface area contributed by atoms with Crippen LogP contribution in [0, 0.1) is 0 Å². The van der Waals surface area contributed by atoms with E-state index in [0.717, 1.165) is 11.3 Å². The van der Waals surface area contributed by atoms with Crippen molar-refractivity contribution in [2.75, 3.05) is 0 Å². The first-order chi connectivity index (χ1) is 19.3. The van der Waals surface area contributed by atoms with Crippen molar-refractivity contribution in [3.05, 3.63) is 146 Å². The molecule has 204 valence electrons. The van der Waals surface area contributed by atoms with Crippen molar-refractivity contribution in [1.82, 2.24) is 0 Å². The molecular formula is C34H36Cl2P2Pd+2. The summed E-state index contributed by atoms with van der Waals surface area (Å²) in [4.78, 5) is 0. The van der Waals surface area contributed by atoms with Crippen LogP contribution >= 0.6 is 34.9 Å². The summed E-state index contributed by atoms with van der Waals surface area (Å²) in [5.74, 6) is 0. The molecule has 0 spiro atoms.